The molecule has 1 aromatic rings. The predicted molar refractivity (Wildman–Crippen MR) is 102 cm³/mol. The van der Waals surface area contributed by atoms with Crippen molar-refractivity contribution in [1.82, 2.24) is 0 Å². The topological polar surface area (TPSA) is 42.2 Å². The molecule has 1 heterocycles. The van der Waals surface area contributed by atoms with Crippen molar-refractivity contribution in [2.24, 2.45) is 11.8 Å². The number of hydrogen-bond acceptors (Lipinski definition) is 3. The normalized spacial score (nSPS) is 28.4. The molecule has 26 heavy (non-hydrogen) atoms. The van der Waals surface area contributed by atoms with E-state index in [4.69, 9.17) is 14.7 Å². The van der Waals surface area contributed by atoms with Crippen LogP contribution in [0.15, 0.2) is 36.9 Å². The minimum atomic E-state index is -0.161. The van der Waals surface area contributed by atoms with Gasteiger partial charge < -0.3 is 9.47 Å². The zero-order valence-corrected chi connectivity index (χ0v) is 15.3. The van der Waals surface area contributed by atoms with Crippen molar-refractivity contribution in [3.8, 4) is 17.9 Å². The van der Waals surface area contributed by atoms with Gasteiger partial charge in [0.05, 0.1) is 31.0 Å². The maximum Gasteiger partial charge on any atom is 0.141 e. The highest BCUT2D eigenvalue weighted by Gasteiger charge is 2.31. The van der Waals surface area contributed by atoms with Gasteiger partial charge in [0.2, 0.25) is 0 Å². The van der Waals surface area contributed by atoms with Crippen LogP contribution < -0.4 is 0 Å². The Balaban J connectivity index is 1.43. The van der Waals surface area contributed by atoms with Crippen LogP contribution >= 0.6 is 0 Å². The summed E-state index contributed by atoms with van der Waals surface area (Å²) in [4.78, 5) is 0. The molecule has 1 unspecified atom stereocenters. The minimum Gasteiger partial charge on any atom is -0.372 e. The van der Waals surface area contributed by atoms with E-state index in [1.165, 1.54) is 32.1 Å². The van der Waals surface area contributed by atoms with Gasteiger partial charge in [-0.2, -0.15) is 5.26 Å². The summed E-state index contributed by atoms with van der Waals surface area (Å²) in [7, 11) is 0. The van der Waals surface area contributed by atoms with Gasteiger partial charge >= 0.3 is 0 Å². The number of allylic oxidation sites excluding steroid dienone is 1. The molecular weight excluding hydrogens is 322 g/mol. The molecule has 0 N–H and O–H groups in total. The molecule has 1 saturated heterocycles. The Morgan fingerprint density at radius 3 is 2.38 bits per heavy atom. The van der Waals surface area contributed by atoms with E-state index in [-0.39, 0.29) is 12.2 Å². The van der Waals surface area contributed by atoms with Gasteiger partial charge in [-0.05, 0) is 61.8 Å². The SMILES string of the molecule is C=CCC[C@H]1CC[C@H](C2CO[C@@H](C#Cc3ccc(C#N)cc3)CO2)CC1. The number of nitrogens with zero attached hydrogens (tertiary/aromatic N) is 1. The van der Waals surface area contributed by atoms with Crippen molar-refractivity contribution in [3.05, 3.63) is 48.0 Å². The van der Waals surface area contributed by atoms with E-state index >= 15 is 0 Å². The third kappa shape index (κ3) is 5.21. The molecule has 1 saturated carbocycles. The highest BCUT2D eigenvalue weighted by molar-refractivity contribution is 5.40. The molecule has 2 atom stereocenters. The lowest BCUT2D eigenvalue weighted by Gasteiger charge is -2.36. The van der Waals surface area contributed by atoms with E-state index in [0.29, 0.717) is 24.7 Å². The van der Waals surface area contributed by atoms with E-state index in [2.05, 4.69) is 24.5 Å². The highest BCUT2D eigenvalue weighted by atomic mass is 16.6. The second-order valence-corrected chi connectivity index (χ2v) is 7.30. The first-order chi connectivity index (χ1) is 12.8. The Morgan fingerprint density at radius 2 is 1.77 bits per heavy atom. The lowest BCUT2D eigenvalue weighted by Crippen LogP contribution is -2.40. The van der Waals surface area contributed by atoms with Crippen molar-refractivity contribution < 1.29 is 9.47 Å². The second kappa shape index (κ2) is 9.58. The molecule has 0 aromatic heterocycles. The van der Waals surface area contributed by atoms with Crippen LogP contribution in [0.5, 0.6) is 0 Å². The lowest BCUT2D eigenvalue weighted by molar-refractivity contribution is -0.138. The van der Waals surface area contributed by atoms with Crippen molar-refractivity contribution in [1.29, 1.82) is 5.26 Å². The van der Waals surface area contributed by atoms with Gasteiger partial charge in [0, 0.05) is 5.56 Å². The van der Waals surface area contributed by atoms with Crippen LogP contribution in [0, 0.1) is 35.0 Å². The average molecular weight is 349 g/mol. The highest BCUT2D eigenvalue weighted by Crippen LogP contribution is 2.35. The summed E-state index contributed by atoms with van der Waals surface area (Å²) in [5.74, 6) is 7.74. The van der Waals surface area contributed by atoms with E-state index in [9.17, 15) is 0 Å². The molecule has 2 aliphatic rings. The predicted octanol–water partition coefficient (Wildman–Crippen LogP) is 4.47. The third-order valence-electron chi connectivity index (χ3n) is 5.51. The standard InChI is InChI=1S/C23H27NO2/c1-2-3-4-18-9-12-21(13-10-18)23-17-25-22(16-26-23)14-11-19-5-7-20(15-24)8-6-19/h2,5-8,18,21-23H,1,3-4,9-10,12-13,16-17H2/t18-,21-,22-,23?/m0/s1. The summed E-state index contributed by atoms with van der Waals surface area (Å²) in [6.45, 7) is 5.02. The fourth-order valence-corrected chi connectivity index (χ4v) is 3.87. The molecule has 1 aliphatic heterocycles. The van der Waals surface area contributed by atoms with Gasteiger partial charge in [-0.3, -0.25) is 0 Å². The number of hydrogen-bond donors (Lipinski definition) is 0. The largest absolute Gasteiger partial charge is 0.372 e. The Morgan fingerprint density at radius 1 is 1.04 bits per heavy atom. The number of ether oxygens (including phenoxy) is 2. The number of nitriles is 1. The molecule has 3 nitrogen and oxygen atoms in total. The molecule has 0 bridgehead atoms. The molecule has 0 amide bonds. The van der Waals surface area contributed by atoms with E-state index in [0.717, 1.165) is 17.9 Å². The molecule has 3 rings (SSSR count). The smallest absolute Gasteiger partial charge is 0.141 e. The summed E-state index contributed by atoms with van der Waals surface area (Å²) in [6.07, 6.45) is 9.62. The average Bonchev–Trinajstić information content (AvgIpc) is 2.72. The van der Waals surface area contributed by atoms with Crippen LogP contribution in [-0.2, 0) is 9.47 Å². The van der Waals surface area contributed by atoms with Crippen LogP contribution in [0.25, 0.3) is 0 Å². The van der Waals surface area contributed by atoms with Gasteiger partial charge in [0.1, 0.15) is 6.10 Å². The Labute approximate surface area is 157 Å². The second-order valence-electron chi connectivity index (χ2n) is 7.30. The molecule has 0 spiro atoms. The van der Waals surface area contributed by atoms with Crippen LogP contribution in [0.1, 0.15) is 49.7 Å². The zero-order chi connectivity index (χ0) is 18.2. The van der Waals surface area contributed by atoms with Gasteiger partial charge in [-0.15, -0.1) is 6.58 Å². The molecule has 136 valence electrons. The van der Waals surface area contributed by atoms with E-state index in [1.807, 2.05) is 18.2 Å². The summed E-state index contributed by atoms with van der Waals surface area (Å²) >= 11 is 0. The van der Waals surface area contributed by atoms with Gasteiger partial charge in [0.25, 0.3) is 0 Å². The molecule has 3 heteroatoms. The van der Waals surface area contributed by atoms with E-state index in [1.54, 1.807) is 12.1 Å². The first-order valence-corrected chi connectivity index (χ1v) is 9.64. The number of rotatable bonds is 4. The van der Waals surface area contributed by atoms with Crippen molar-refractivity contribution in [2.45, 2.75) is 50.7 Å². The summed E-state index contributed by atoms with van der Waals surface area (Å²) in [5.41, 5.74) is 1.54. The first kappa shape index (κ1) is 18.7. The maximum absolute atomic E-state index is 8.82. The maximum atomic E-state index is 8.82. The summed E-state index contributed by atoms with van der Waals surface area (Å²) in [5, 5.41) is 8.82. The van der Waals surface area contributed by atoms with Gasteiger partial charge in [-0.25, -0.2) is 0 Å². The van der Waals surface area contributed by atoms with Crippen molar-refractivity contribution in [3.63, 3.8) is 0 Å². The molecular formula is C23H27NO2. The third-order valence-corrected chi connectivity index (χ3v) is 5.51. The van der Waals surface area contributed by atoms with E-state index < -0.39 is 0 Å². The fraction of sp³-hybridized carbons (Fsp3) is 0.522. The quantitative estimate of drug-likeness (QED) is 0.595. The molecule has 2 fully saturated rings. The Kier molecular flexibility index (Phi) is 6.89. The van der Waals surface area contributed by atoms with Crippen molar-refractivity contribution >= 4 is 0 Å². The first-order valence-electron chi connectivity index (χ1n) is 9.64. The van der Waals surface area contributed by atoms with Crippen LogP contribution in [0.3, 0.4) is 0 Å². The van der Waals surface area contributed by atoms with Crippen LogP contribution in [-0.4, -0.2) is 25.4 Å². The molecule has 1 aliphatic carbocycles. The van der Waals surface area contributed by atoms with Gasteiger partial charge in [0.15, 0.2) is 0 Å². The van der Waals surface area contributed by atoms with Crippen LogP contribution in [0.2, 0.25) is 0 Å². The summed E-state index contributed by atoms with van der Waals surface area (Å²) in [6, 6.07) is 9.40. The van der Waals surface area contributed by atoms with Crippen LogP contribution in [0.4, 0.5) is 0 Å². The molecule has 0 radical (unpaired) electrons. The zero-order valence-electron chi connectivity index (χ0n) is 15.3. The van der Waals surface area contributed by atoms with Crippen molar-refractivity contribution in [2.75, 3.05) is 13.2 Å². The molecule has 1 aromatic carbocycles. The Bertz CT molecular complexity index is 676. The monoisotopic (exact) mass is 349 g/mol. The minimum absolute atomic E-state index is 0.161. The fourth-order valence-electron chi connectivity index (χ4n) is 3.87. The van der Waals surface area contributed by atoms with Gasteiger partial charge in [-0.1, -0.05) is 30.8 Å². The lowest BCUT2D eigenvalue weighted by atomic mass is 9.77. The number of benzene rings is 1. The summed E-state index contributed by atoms with van der Waals surface area (Å²) < 4.78 is 12.0. The Hall–Kier alpha value is -2.07.